The van der Waals surface area contributed by atoms with Gasteiger partial charge in [0.05, 0.1) is 17.5 Å². The zero-order valence-corrected chi connectivity index (χ0v) is 19.0. The van der Waals surface area contributed by atoms with Gasteiger partial charge in [-0.15, -0.1) is 0 Å². The molecule has 4 aromatic rings. The van der Waals surface area contributed by atoms with E-state index in [1.807, 2.05) is 59.2 Å². The predicted octanol–water partition coefficient (Wildman–Crippen LogP) is 3.97. The van der Waals surface area contributed by atoms with E-state index >= 15 is 0 Å². The Kier molecular flexibility index (Phi) is 5.33. The molecule has 6 rings (SSSR count). The number of benzene rings is 3. The fourth-order valence-electron chi connectivity index (χ4n) is 4.70. The second-order valence-electron chi connectivity index (χ2n) is 8.62. The highest BCUT2D eigenvalue weighted by Crippen LogP contribution is 2.37. The van der Waals surface area contributed by atoms with Crippen LogP contribution in [0, 0.1) is 0 Å². The number of hydrogen-bond donors (Lipinski definition) is 1. The molecule has 0 saturated heterocycles. The quantitative estimate of drug-likeness (QED) is 0.463. The second-order valence-corrected chi connectivity index (χ2v) is 8.62. The lowest BCUT2D eigenvalue weighted by Gasteiger charge is -2.19. The van der Waals surface area contributed by atoms with Crippen LogP contribution in [0.1, 0.15) is 18.0 Å². The summed E-state index contributed by atoms with van der Waals surface area (Å²) in [6.07, 6.45) is 0.703. The third-order valence-corrected chi connectivity index (χ3v) is 6.35. The first-order chi connectivity index (χ1) is 17.2. The van der Waals surface area contributed by atoms with Crippen LogP contribution in [0.2, 0.25) is 0 Å². The molecule has 0 bridgehead atoms. The molecule has 0 unspecified atom stereocenters. The van der Waals surface area contributed by atoms with Gasteiger partial charge in [-0.1, -0.05) is 42.5 Å². The molecular weight excluding hydrogens is 444 g/mol. The Bertz CT molecular complexity index is 1420. The third kappa shape index (κ3) is 3.97. The number of carbonyl (C=O) groups is 2. The zero-order valence-electron chi connectivity index (χ0n) is 19.0. The average molecular weight is 469 g/mol. The topological polar surface area (TPSA) is 85.7 Å². The maximum Gasteiger partial charge on any atom is 0.253 e. The van der Waals surface area contributed by atoms with Gasteiger partial charge in [0.25, 0.3) is 5.91 Å². The van der Waals surface area contributed by atoms with Crippen LogP contribution < -0.4 is 19.7 Å². The number of fused-ring (bicyclic) bond motifs is 4. The minimum atomic E-state index is -0.662. The number of carbonyl (C=O) groups excluding carboxylic acids is 2. The summed E-state index contributed by atoms with van der Waals surface area (Å²) in [5, 5.41) is 2.90. The maximum atomic E-state index is 13.5. The lowest BCUT2D eigenvalue weighted by molar-refractivity contribution is -0.124. The summed E-state index contributed by atoms with van der Waals surface area (Å²) in [6.45, 7) is 1.47. The van der Waals surface area contributed by atoms with E-state index in [0.717, 1.165) is 16.6 Å². The van der Waals surface area contributed by atoms with Crippen molar-refractivity contribution >= 4 is 34.5 Å². The molecule has 35 heavy (non-hydrogen) atoms. The normalized spacial score (nSPS) is 16.4. The highest BCUT2D eigenvalue weighted by atomic mass is 16.6. The van der Waals surface area contributed by atoms with Gasteiger partial charge >= 0.3 is 0 Å². The summed E-state index contributed by atoms with van der Waals surface area (Å²) in [5.41, 5.74) is 3.39. The van der Waals surface area contributed by atoms with E-state index in [1.165, 1.54) is 0 Å². The Morgan fingerprint density at radius 1 is 0.971 bits per heavy atom. The molecular formula is C27H24N4O4. The smallest absolute Gasteiger partial charge is 0.253 e. The lowest BCUT2D eigenvalue weighted by Crippen LogP contribution is -2.33. The second kappa shape index (κ2) is 8.79. The summed E-state index contributed by atoms with van der Waals surface area (Å²) >= 11 is 0. The number of nitrogens with one attached hydrogen (secondary N) is 1. The van der Waals surface area contributed by atoms with E-state index in [-0.39, 0.29) is 18.2 Å². The molecule has 2 aliphatic rings. The average Bonchev–Trinajstić information content (AvgIpc) is 3.37. The van der Waals surface area contributed by atoms with Crippen LogP contribution in [0.15, 0.2) is 72.8 Å². The Balaban J connectivity index is 1.25. The van der Waals surface area contributed by atoms with Gasteiger partial charge in [-0.05, 0) is 36.2 Å². The molecule has 2 amide bonds. The first kappa shape index (κ1) is 21.2. The molecule has 2 aliphatic heterocycles. The molecule has 1 aromatic heterocycles. The van der Waals surface area contributed by atoms with E-state index in [4.69, 9.17) is 14.5 Å². The van der Waals surface area contributed by atoms with E-state index in [0.29, 0.717) is 49.3 Å². The number of hydrogen-bond acceptors (Lipinski definition) is 5. The Morgan fingerprint density at radius 2 is 1.74 bits per heavy atom. The first-order valence-electron chi connectivity index (χ1n) is 11.7. The van der Waals surface area contributed by atoms with E-state index in [9.17, 15) is 9.59 Å². The SMILES string of the molecule is O=C(C[C@@H]1C(=O)N(CCc2ccccc2)c2nc3ccccc3n21)Nc1ccc2c(c1)OCCO2. The van der Waals surface area contributed by atoms with Crippen LogP contribution in [0.5, 0.6) is 11.5 Å². The van der Waals surface area contributed by atoms with E-state index in [1.54, 1.807) is 23.1 Å². The van der Waals surface area contributed by atoms with E-state index < -0.39 is 6.04 Å². The van der Waals surface area contributed by atoms with Crippen LogP contribution in [-0.2, 0) is 16.0 Å². The largest absolute Gasteiger partial charge is 0.486 e. The number of para-hydroxylation sites is 2. The summed E-state index contributed by atoms with van der Waals surface area (Å²) in [7, 11) is 0. The number of amides is 2. The molecule has 0 spiro atoms. The fourth-order valence-corrected chi connectivity index (χ4v) is 4.70. The summed E-state index contributed by atoms with van der Waals surface area (Å²) in [6, 6.07) is 22.4. The number of imidazole rings is 1. The van der Waals surface area contributed by atoms with Gasteiger partial charge in [0.15, 0.2) is 11.5 Å². The number of rotatable bonds is 6. The van der Waals surface area contributed by atoms with Crippen LogP contribution in [0.4, 0.5) is 11.6 Å². The van der Waals surface area contributed by atoms with Gasteiger partial charge in [0, 0.05) is 18.3 Å². The van der Waals surface area contributed by atoms with Crippen molar-refractivity contribution in [3.05, 3.63) is 78.4 Å². The third-order valence-electron chi connectivity index (χ3n) is 6.35. The van der Waals surface area contributed by atoms with Gasteiger partial charge in [0.1, 0.15) is 19.3 Å². The van der Waals surface area contributed by atoms with Crippen molar-refractivity contribution in [2.75, 3.05) is 30.0 Å². The minimum Gasteiger partial charge on any atom is -0.486 e. The predicted molar refractivity (Wildman–Crippen MR) is 132 cm³/mol. The Labute approximate surface area is 202 Å². The van der Waals surface area contributed by atoms with Gasteiger partial charge in [-0.2, -0.15) is 0 Å². The molecule has 1 N–H and O–H groups in total. The van der Waals surface area contributed by atoms with Crippen LogP contribution in [0.3, 0.4) is 0 Å². The highest BCUT2D eigenvalue weighted by molar-refractivity contribution is 6.05. The van der Waals surface area contributed by atoms with Crippen LogP contribution >= 0.6 is 0 Å². The van der Waals surface area contributed by atoms with Crippen molar-refractivity contribution in [2.45, 2.75) is 18.9 Å². The summed E-state index contributed by atoms with van der Waals surface area (Å²) < 4.78 is 13.0. The van der Waals surface area contributed by atoms with E-state index in [2.05, 4.69) is 5.32 Å². The molecule has 3 heterocycles. The molecule has 0 aliphatic carbocycles. The van der Waals surface area contributed by atoms with Gasteiger partial charge < -0.3 is 14.8 Å². The molecule has 3 aromatic carbocycles. The lowest BCUT2D eigenvalue weighted by atomic mass is 10.1. The summed E-state index contributed by atoms with van der Waals surface area (Å²) in [5.74, 6) is 1.47. The molecule has 1 atom stereocenters. The number of aromatic nitrogens is 2. The molecule has 0 radical (unpaired) electrons. The minimum absolute atomic E-state index is 0.00245. The monoisotopic (exact) mass is 468 g/mol. The molecule has 0 saturated carbocycles. The van der Waals surface area contributed by atoms with Crippen LogP contribution in [-0.4, -0.2) is 41.1 Å². The van der Waals surface area contributed by atoms with Crippen LogP contribution in [0.25, 0.3) is 11.0 Å². The van der Waals surface area contributed by atoms with Crippen molar-refractivity contribution in [3.8, 4) is 11.5 Å². The van der Waals surface area contributed by atoms with Crippen molar-refractivity contribution in [1.82, 2.24) is 9.55 Å². The first-order valence-corrected chi connectivity index (χ1v) is 11.7. The Morgan fingerprint density at radius 3 is 2.60 bits per heavy atom. The molecule has 176 valence electrons. The standard InChI is InChI=1S/C27H24N4O4/c32-25(28-19-10-11-23-24(16-19)35-15-14-34-23)17-22-26(33)30(13-12-18-6-2-1-3-7-18)27-29-20-8-4-5-9-21(20)31(22)27/h1-11,16,22H,12-15,17H2,(H,28,32)/t22-/m1/s1. The van der Waals surface area contributed by atoms with Gasteiger partial charge in [-0.3, -0.25) is 19.1 Å². The number of ether oxygens (including phenoxy) is 2. The molecule has 8 heteroatoms. The van der Waals surface area contributed by atoms with Gasteiger partial charge in [0.2, 0.25) is 11.9 Å². The van der Waals surface area contributed by atoms with Crippen molar-refractivity contribution in [3.63, 3.8) is 0 Å². The Hall–Kier alpha value is -4.33. The van der Waals surface area contributed by atoms with Crippen molar-refractivity contribution < 1.29 is 19.1 Å². The van der Waals surface area contributed by atoms with Crippen molar-refractivity contribution in [2.24, 2.45) is 0 Å². The highest BCUT2D eigenvalue weighted by Gasteiger charge is 2.40. The summed E-state index contributed by atoms with van der Waals surface area (Å²) in [4.78, 5) is 33.0. The van der Waals surface area contributed by atoms with Crippen molar-refractivity contribution in [1.29, 1.82) is 0 Å². The zero-order chi connectivity index (χ0) is 23.8. The van der Waals surface area contributed by atoms with Gasteiger partial charge in [-0.25, -0.2) is 4.98 Å². The molecule has 0 fully saturated rings. The fraction of sp³-hybridized carbons (Fsp3) is 0.222. The molecule has 8 nitrogen and oxygen atoms in total. The number of anilines is 2. The maximum absolute atomic E-state index is 13.5. The number of nitrogens with zero attached hydrogens (tertiary/aromatic N) is 3.